The molecule has 2 N–H and O–H groups in total. The molecule has 0 unspecified atom stereocenters. The fourth-order valence-electron chi connectivity index (χ4n) is 2.72. The summed E-state index contributed by atoms with van der Waals surface area (Å²) < 4.78 is 27.7. The third kappa shape index (κ3) is 4.02. The standard InChI is InChI=1S/C18H19N5O4S/c1-13-9-10-22(21-13)17-6-4-3-5-14(17)12-20-16-8-7-15(28(26,27)19-2)11-18(16)23(24)25/h3-11,19-20H,12H2,1-2H3. The van der Waals surface area contributed by atoms with Crippen LogP contribution in [0.25, 0.3) is 5.69 Å². The minimum Gasteiger partial charge on any atom is -0.375 e. The average molecular weight is 401 g/mol. The normalized spacial score (nSPS) is 11.4. The molecule has 0 aliphatic carbocycles. The summed E-state index contributed by atoms with van der Waals surface area (Å²) in [6.07, 6.45) is 1.84. The highest BCUT2D eigenvalue weighted by molar-refractivity contribution is 7.89. The van der Waals surface area contributed by atoms with Crippen LogP contribution in [0.3, 0.4) is 0 Å². The SMILES string of the molecule is CNS(=O)(=O)c1ccc(NCc2ccccc2-n2ccc(C)n2)c([N+](=O)[O-])c1. The highest BCUT2D eigenvalue weighted by Gasteiger charge is 2.20. The van der Waals surface area contributed by atoms with E-state index in [-0.39, 0.29) is 16.3 Å². The van der Waals surface area contributed by atoms with Crippen LogP contribution in [0.5, 0.6) is 0 Å². The summed E-state index contributed by atoms with van der Waals surface area (Å²) in [4.78, 5) is 10.6. The van der Waals surface area contributed by atoms with E-state index in [1.165, 1.54) is 19.2 Å². The number of benzene rings is 2. The summed E-state index contributed by atoms with van der Waals surface area (Å²) in [5.74, 6) is 0. The van der Waals surface area contributed by atoms with Gasteiger partial charge in [-0.05, 0) is 43.8 Å². The lowest BCUT2D eigenvalue weighted by Gasteiger charge is -2.12. The van der Waals surface area contributed by atoms with Gasteiger partial charge in [0, 0.05) is 18.8 Å². The van der Waals surface area contributed by atoms with E-state index >= 15 is 0 Å². The molecule has 0 radical (unpaired) electrons. The summed E-state index contributed by atoms with van der Waals surface area (Å²) in [5, 5.41) is 18.9. The van der Waals surface area contributed by atoms with Crippen molar-refractivity contribution in [2.24, 2.45) is 0 Å². The third-order valence-electron chi connectivity index (χ3n) is 4.18. The molecule has 0 bridgehead atoms. The summed E-state index contributed by atoms with van der Waals surface area (Å²) in [7, 11) is -2.52. The lowest BCUT2D eigenvalue weighted by Crippen LogP contribution is -2.18. The fraction of sp³-hybridized carbons (Fsp3) is 0.167. The van der Waals surface area contributed by atoms with Crippen LogP contribution in [0.4, 0.5) is 11.4 Å². The number of para-hydroxylation sites is 1. The number of anilines is 1. The van der Waals surface area contributed by atoms with E-state index < -0.39 is 14.9 Å². The van der Waals surface area contributed by atoms with Crippen molar-refractivity contribution in [3.63, 3.8) is 0 Å². The van der Waals surface area contributed by atoms with E-state index in [1.54, 1.807) is 4.68 Å². The van der Waals surface area contributed by atoms with Crippen LogP contribution in [0, 0.1) is 17.0 Å². The van der Waals surface area contributed by atoms with Crippen molar-refractivity contribution in [3.8, 4) is 5.69 Å². The molecule has 0 fully saturated rings. The van der Waals surface area contributed by atoms with Crippen LogP contribution in [0.2, 0.25) is 0 Å². The molecule has 0 aliphatic heterocycles. The van der Waals surface area contributed by atoms with Crippen LogP contribution in [0.1, 0.15) is 11.3 Å². The second-order valence-corrected chi connectivity index (χ2v) is 7.91. The number of nitro groups is 1. The van der Waals surface area contributed by atoms with E-state index in [4.69, 9.17) is 0 Å². The number of aromatic nitrogens is 2. The zero-order chi connectivity index (χ0) is 20.3. The highest BCUT2D eigenvalue weighted by Crippen LogP contribution is 2.28. The molecule has 0 atom stereocenters. The number of sulfonamides is 1. The summed E-state index contributed by atoms with van der Waals surface area (Å²) in [5.41, 5.74) is 2.52. The van der Waals surface area contributed by atoms with Crippen LogP contribution >= 0.6 is 0 Å². The lowest BCUT2D eigenvalue weighted by molar-refractivity contribution is -0.384. The molecule has 1 aromatic heterocycles. The van der Waals surface area contributed by atoms with E-state index in [0.717, 1.165) is 23.0 Å². The predicted molar refractivity (Wildman–Crippen MR) is 105 cm³/mol. The van der Waals surface area contributed by atoms with Gasteiger partial charge in [-0.2, -0.15) is 5.10 Å². The monoisotopic (exact) mass is 401 g/mol. The van der Waals surface area contributed by atoms with E-state index in [0.29, 0.717) is 6.54 Å². The Kier molecular flexibility index (Phi) is 5.43. The molecule has 10 heteroatoms. The molecule has 0 aliphatic rings. The average Bonchev–Trinajstić information content (AvgIpc) is 3.12. The van der Waals surface area contributed by atoms with Gasteiger partial charge in [0.25, 0.3) is 5.69 Å². The Balaban J connectivity index is 1.91. The second kappa shape index (κ2) is 7.79. The van der Waals surface area contributed by atoms with Crippen LogP contribution in [-0.4, -0.2) is 30.2 Å². The molecule has 0 saturated heterocycles. The first-order chi connectivity index (χ1) is 13.3. The molecule has 9 nitrogen and oxygen atoms in total. The van der Waals surface area contributed by atoms with Crippen molar-refractivity contribution in [1.29, 1.82) is 0 Å². The van der Waals surface area contributed by atoms with Gasteiger partial charge in [-0.3, -0.25) is 10.1 Å². The van der Waals surface area contributed by atoms with Gasteiger partial charge < -0.3 is 5.32 Å². The maximum Gasteiger partial charge on any atom is 0.293 e. The molecule has 28 heavy (non-hydrogen) atoms. The summed E-state index contributed by atoms with van der Waals surface area (Å²) in [6.45, 7) is 2.19. The van der Waals surface area contributed by atoms with Crippen LogP contribution < -0.4 is 10.0 Å². The number of nitrogens with zero attached hydrogens (tertiary/aromatic N) is 3. The number of nitro benzene ring substituents is 1. The van der Waals surface area contributed by atoms with Crippen molar-refractivity contribution in [2.45, 2.75) is 18.4 Å². The largest absolute Gasteiger partial charge is 0.375 e. The van der Waals surface area contributed by atoms with Gasteiger partial charge in [0.15, 0.2) is 0 Å². The Morgan fingerprint density at radius 3 is 2.57 bits per heavy atom. The van der Waals surface area contributed by atoms with Gasteiger partial charge in [0.1, 0.15) is 5.69 Å². The van der Waals surface area contributed by atoms with Gasteiger partial charge in [-0.1, -0.05) is 18.2 Å². The summed E-state index contributed by atoms with van der Waals surface area (Å²) >= 11 is 0. The first-order valence-corrected chi connectivity index (χ1v) is 9.86. The Morgan fingerprint density at radius 2 is 1.93 bits per heavy atom. The third-order valence-corrected chi connectivity index (χ3v) is 5.59. The maximum atomic E-state index is 11.9. The molecule has 146 valence electrons. The van der Waals surface area contributed by atoms with Gasteiger partial charge >= 0.3 is 0 Å². The topological polar surface area (TPSA) is 119 Å². The van der Waals surface area contributed by atoms with Crippen molar-refractivity contribution in [2.75, 3.05) is 12.4 Å². The Hall–Kier alpha value is -3.24. The molecule has 3 rings (SSSR count). The molecule has 0 saturated carbocycles. The lowest BCUT2D eigenvalue weighted by atomic mass is 10.1. The first-order valence-electron chi connectivity index (χ1n) is 8.38. The number of hydrogen-bond donors (Lipinski definition) is 2. The predicted octanol–water partition coefficient (Wildman–Crippen LogP) is 2.61. The van der Waals surface area contributed by atoms with Crippen LogP contribution in [-0.2, 0) is 16.6 Å². The van der Waals surface area contributed by atoms with Crippen molar-refractivity contribution < 1.29 is 13.3 Å². The summed E-state index contributed by atoms with van der Waals surface area (Å²) in [6, 6.07) is 13.2. The van der Waals surface area contributed by atoms with E-state index in [2.05, 4.69) is 15.1 Å². The van der Waals surface area contributed by atoms with Crippen molar-refractivity contribution >= 4 is 21.4 Å². The molecular weight excluding hydrogens is 382 g/mol. The van der Waals surface area contributed by atoms with E-state index in [9.17, 15) is 18.5 Å². The maximum absolute atomic E-state index is 11.9. The smallest absolute Gasteiger partial charge is 0.293 e. The second-order valence-electron chi connectivity index (χ2n) is 6.03. The number of rotatable bonds is 7. The van der Waals surface area contributed by atoms with Crippen molar-refractivity contribution in [3.05, 3.63) is 76.1 Å². The first kappa shape index (κ1) is 19.5. The van der Waals surface area contributed by atoms with Gasteiger partial charge in [-0.25, -0.2) is 17.8 Å². The number of nitrogens with one attached hydrogen (secondary N) is 2. The number of hydrogen-bond acceptors (Lipinski definition) is 6. The quantitative estimate of drug-likeness (QED) is 0.464. The molecule has 2 aromatic carbocycles. The van der Waals surface area contributed by atoms with Crippen LogP contribution in [0.15, 0.2) is 59.6 Å². The molecule has 0 spiro atoms. The van der Waals surface area contributed by atoms with E-state index in [1.807, 2.05) is 43.5 Å². The minimum atomic E-state index is -3.77. The zero-order valence-electron chi connectivity index (χ0n) is 15.3. The number of aryl methyl sites for hydroxylation is 1. The molecule has 3 aromatic rings. The molecule has 1 heterocycles. The minimum absolute atomic E-state index is 0.167. The Morgan fingerprint density at radius 1 is 1.18 bits per heavy atom. The van der Waals surface area contributed by atoms with Crippen molar-refractivity contribution in [1.82, 2.24) is 14.5 Å². The molecule has 0 amide bonds. The zero-order valence-corrected chi connectivity index (χ0v) is 16.1. The van der Waals surface area contributed by atoms with Gasteiger partial charge in [0.2, 0.25) is 10.0 Å². The fourth-order valence-corrected chi connectivity index (χ4v) is 3.47. The van der Waals surface area contributed by atoms with Gasteiger partial charge in [-0.15, -0.1) is 0 Å². The van der Waals surface area contributed by atoms with Gasteiger partial charge in [0.05, 0.1) is 21.2 Å². The Bertz CT molecular complexity index is 1120. The highest BCUT2D eigenvalue weighted by atomic mass is 32.2. The Labute approximate surface area is 162 Å². The molecular formula is C18H19N5O4S.